The van der Waals surface area contributed by atoms with Gasteiger partial charge in [0.15, 0.2) is 11.0 Å². The maximum Gasteiger partial charge on any atom is 0.240 e. The molecule has 2 atom stereocenters. The maximum atomic E-state index is 13.5. The van der Waals surface area contributed by atoms with Crippen molar-refractivity contribution in [3.05, 3.63) is 83.6 Å². The number of amides is 1. The largest absolute Gasteiger partial charge is 0.308 e. The third-order valence-corrected chi connectivity index (χ3v) is 7.01. The number of anilines is 1. The summed E-state index contributed by atoms with van der Waals surface area (Å²) in [5.41, 5.74) is 3.97. The fourth-order valence-corrected chi connectivity index (χ4v) is 5.20. The predicted octanol–water partition coefficient (Wildman–Crippen LogP) is 5.44. The summed E-state index contributed by atoms with van der Waals surface area (Å²) in [6.07, 6.45) is 4.31. The predicted molar refractivity (Wildman–Crippen MR) is 132 cm³/mol. The van der Waals surface area contributed by atoms with E-state index in [4.69, 9.17) is 11.6 Å². The summed E-state index contributed by atoms with van der Waals surface area (Å²) in [5.74, 6) is 0.746. The number of fused-ring (bicyclic) bond motifs is 1. The smallest absolute Gasteiger partial charge is 0.240 e. The third-order valence-electron chi connectivity index (χ3n) is 5.73. The van der Waals surface area contributed by atoms with Gasteiger partial charge in [0, 0.05) is 40.4 Å². The number of pyridine rings is 1. The Labute approximate surface area is 201 Å². The van der Waals surface area contributed by atoms with Crippen molar-refractivity contribution in [3.63, 3.8) is 0 Å². The highest BCUT2D eigenvalue weighted by Crippen LogP contribution is 2.36. The molecule has 0 spiro atoms. The number of hydrogen-bond donors (Lipinski definition) is 0. The van der Waals surface area contributed by atoms with Gasteiger partial charge in [-0.1, -0.05) is 41.6 Å². The van der Waals surface area contributed by atoms with E-state index in [0.717, 1.165) is 23.4 Å². The lowest BCUT2D eigenvalue weighted by atomic mass is 10.1. The second-order valence-corrected chi connectivity index (χ2v) is 9.75. The van der Waals surface area contributed by atoms with E-state index in [9.17, 15) is 4.79 Å². The van der Waals surface area contributed by atoms with E-state index in [1.165, 1.54) is 17.3 Å². The average molecular weight is 476 g/mol. The van der Waals surface area contributed by atoms with Crippen LogP contribution in [0.15, 0.2) is 78.2 Å². The zero-order chi connectivity index (χ0) is 22.9. The lowest BCUT2D eigenvalue weighted by Crippen LogP contribution is -2.40. The SMILES string of the molecule is C[C@@H]1Cc2ccccc2N1C(=O)[C@@H](C)Sc1nnc(-c2ccncc2)n1-c1ccc(Cl)cc1. The molecule has 0 saturated heterocycles. The standard InChI is InChI=1S/C25H22ClN5OS/c1-16-15-19-5-3-4-6-22(19)30(16)24(32)17(2)33-25-29-28-23(18-11-13-27-14-12-18)31(25)21-9-7-20(26)8-10-21/h3-14,16-17H,15H2,1-2H3/t16-,17-/m1/s1. The van der Waals surface area contributed by atoms with E-state index in [2.05, 4.69) is 28.2 Å². The number of thioether (sulfide) groups is 1. The molecule has 0 unspecified atom stereocenters. The molecule has 8 heteroatoms. The molecule has 5 rings (SSSR count). The van der Waals surface area contributed by atoms with Crippen molar-refractivity contribution in [1.82, 2.24) is 19.7 Å². The summed E-state index contributed by atoms with van der Waals surface area (Å²) in [6.45, 7) is 4.01. The van der Waals surface area contributed by atoms with Crippen LogP contribution in [-0.2, 0) is 11.2 Å². The summed E-state index contributed by atoms with van der Waals surface area (Å²) < 4.78 is 1.96. The quantitative estimate of drug-likeness (QED) is 0.359. The van der Waals surface area contributed by atoms with Crippen molar-refractivity contribution in [2.24, 2.45) is 0 Å². The number of nitrogens with zero attached hydrogens (tertiary/aromatic N) is 5. The molecule has 6 nitrogen and oxygen atoms in total. The normalized spacial score (nSPS) is 16.0. The molecule has 0 N–H and O–H groups in total. The van der Waals surface area contributed by atoms with Gasteiger partial charge in [-0.2, -0.15) is 0 Å². The number of halogens is 1. The molecule has 0 radical (unpaired) electrons. The molecular weight excluding hydrogens is 454 g/mol. The third kappa shape index (κ3) is 4.14. The van der Waals surface area contributed by atoms with Crippen LogP contribution >= 0.6 is 23.4 Å². The highest BCUT2D eigenvalue weighted by molar-refractivity contribution is 8.00. The number of hydrogen-bond acceptors (Lipinski definition) is 5. The summed E-state index contributed by atoms with van der Waals surface area (Å²) in [4.78, 5) is 19.5. The summed E-state index contributed by atoms with van der Waals surface area (Å²) in [7, 11) is 0. The molecule has 1 aliphatic rings. The first-order chi connectivity index (χ1) is 16.0. The van der Waals surface area contributed by atoms with Gasteiger partial charge in [0.1, 0.15) is 0 Å². The van der Waals surface area contributed by atoms with Crippen molar-refractivity contribution in [2.75, 3.05) is 4.90 Å². The molecule has 2 aromatic carbocycles. The summed E-state index contributed by atoms with van der Waals surface area (Å²) >= 11 is 7.52. The van der Waals surface area contributed by atoms with E-state index < -0.39 is 0 Å². The van der Waals surface area contributed by atoms with Crippen molar-refractivity contribution in [1.29, 1.82) is 0 Å². The molecule has 166 valence electrons. The van der Waals surface area contributed by atoms with Crippen LogP contribution in [0.2, 0.25) is 5.02 Å². The van der Waals surface area contributed by atoms with E-state index in [1.807, 2.05) is 71.0 Å². The van der Waals surface area contributed by atoms with Crippen LogP contribution in [0.1, 0.15) is 19.4 Å². The van der Waals surface area contributed by atoms with Crippen molar-refractivity contribution in [2.45, 2.75) is 36.7 Å². The molecular formula is C25H22ClN5OS. The van der Waals surface area contributed by atoms with E-state index >= 15 is 0 Å². The molecule has 1 aliphatic heterocycles. The van der Waals surface area contributed by atoms with Gasteiger partial charge in [0.05, 0.1) is 5.25 Å². The van der Waals surface area contributed by atoms with Crippen molar-refractivity contribution < 1.29 is 4.79 Å². The molecule has 0 aliphatic carbocycles. The monoisotopic (exact) mass is 475 g/mol. The minimum Gasteiger partial charge on any atom is -0.308 e. The Morgan fingerprint density at radius 3 is 2.55 bits per heavy atom. The maximum absolute atomic E-state index is 13.5. The zero-order valence-electron chi connectivity index (χ0n) is 18.2. The van der Waals surface area contributed by atoms with Gasteiger partial charge in [-0.3, -0.25) is 14.3 Å². The van der Waals surface area contributed by atoms with Gasteiger partial charge in [0.25, 0.3) is 0 Å². The highest BCUT2D eigenvalue weighted by atomic mass is 35.5. The number of benzene rings is 2. The van der Waals surface area contributed by atoms with Gasteiger partial charge in [0.2, 0.25) is 5.91 Å². The highest BCUT2D eigenvalue weighted by Gasteiger charge is 2.34. The topological polar surface area (TPSA) is 63.9 Å². The van der Waals surface area contributed by atoms with Gasteiger partial charge in [-0.25, -0.2) is 0 Å². The first kappa shape index (κ1) is 21.7. The Morgan fingerprint density at radius 1 is 1.06 bits per heavy atom. The Kier molecular flexibility index (Phi) is 5.91. The van der Waals surface area contributed by atoms with Gasteiger partial charge < -0.3 is 4.90 Å². The number of carbonyl (C=O) groups excluding carboxylic acids is 1. The molecule has 0 bridgehead atoms. The van der Waals surface area contributed by atoms with Gasteiger partial charge >= 0.3 is 0 Å². The van der Waals surface area contributed by atoms with Crippen LogP contribution in [0, 0.1) is 0 Å². The molecule has 4 aromatic rings. The van der Waals surface area contributed by atoms with Crippen LogP contribution < -0.4 is 4.90 Å². The molecule has 2 aromatic heterocycles. The fraction of sp³-hybridized carbons (Fsp3) is 0.200. The number of para-hydroxylation sites is 1. The lowest BCUT2D eigenvalue weighted by Gasteiger charge is -2.25. The average Bonchev–Trinajstić information content (AvgIpc) is 3.40. The van der Waals surface area contributed by atoms with Crippen molar-refractivity contribution in [3.8, 4) is 17.1 Å². The van der Waals surface area contributed by atoms with Crippen LogP contribution in [0.3, 0.4) is 0 Å². The Morgan fingerprint density at radius 2 is 1.79 bits per heavy atom. The minimum atomic E-state index is -0.348. The zero-order valence-corrected chi connectivity index (χ0v) is 19.8. The number of carbonyl (C=O) groups is 1. The Balaban J connectivity index is 1.49. The Hall–Kier alpha value is -3.16. The number of rotatable bonds is 5. The fourth-order valence-electron chi connectivity index (χ4n) is 4.16. The van der Waals surface area contributed by atoms with Crippen LogP contribution in [0.25, 0.3) is 17.1 Å². The molecule has 3 heterocycles. The number of aromatic nitrogens is 4. The van der Waals surface area contributed by atoms with E-state index in [-0.39, 0.29) is 17.2 Å². The second-order valence-electron chi connectivity index (χ2n) is 8.00. The van der Waals surface area contributed by atoms with Gasteiger partial charge in [-0.05, 0) is 68.3 Å². The van der Waals surface area contributed by atoms with Crippen LogP contribution in [0.5, 0.6) is 0 Å². The second kappa shape index (κ2) is 9.00. The first-order valence-corrected chi connectivity index (χ1v) is 12.0. The van der Waals surface area contributed by atoms with Crippen LogP contribution in [-0.4, -0.2) is 36.9 Å². The summed E-state index contributed by atoms with van der Waals surface area (Å²) in [5, 5.41) is 9.85. The molecule has 0 fully saturated rings. The minimum absolute atomic E-state index is 0.0635. The van der Waals surface area contributed by atoms with Crippen LogP contribution in [0.4, 0.5) is 5.69 Å². The summed E-state index contributed by atoms with van der Waals surface area (Å²) in [6, 6.07) is 19.5. The van der Waals surface area contributed by atoms with E-state index in [1.54, 1.807) is 12.4 Å². The van der Waals surface area contributed by atoms with Gasteiger partial charge in [-0.15, -0.1) is 10.2 Å². The van der Waals surface area contributed by atoms with E-state index in [0.29, 0.717) is 16.0 Å². The Bertz CT molecular complexity index is 1290. The van der Waals surface area contributed by atoms with Crippen molar-refractivity contribution >= 4 is 35.0 Å². The first-order valence-electron chi connectivity index (χ1n) is 10.7. The molecule has 1 amide bonds. The lowest BCUT2D eigenvalue weighted by molar-refractivity contribution is -0.118. The molecule has 0 saturated carbocycles. The molecule has 33 heavy (non-hydrogen) atoms.